The average Bonchev–Trinajstić information content (AvgIpc) is 2.92. The third-order valence-electron chi connectivity index (χ3n) is 5.80. The lowest BCUT2D eigenvalue weighted by molar-refractivity contribution is -0.127. The van der Waals surface area contributed by atoms with E-state index < -0.39 is 0 Å². The number of aromatic hydroxyl groups is 1. The lowest BCUT2D eigenvalue weighted by Gasteiger charge is -2.26. The maximum atomic E-state index is 12.1. The molecule has 0 spiro atoms. The average molecular weight is 330 g/mol. The van der Waals surface area contributed by atoms with E-state index in [1.54, 1.807) is 0 Å². The highest BCUT2D eigenvalue weighted by molar-refractivity contribution is 5.87. The molecule has 24 heavy (non-hydrogen) atoms. The second-order valence-corrected chi connectivity index (χ2v) is 8.11. The third kappa shape index (κ3) is 3.18. The molecule has 132 valence electrons. The van der Waals surface area contributed by atoms with E-state index in [4.69, 9.17) is 4.74 Å². The van der Waals surface area contributed by atoms with Crippen LogP contribution in [0, 0.1) is 0 Å². The zero-order valence-corrected chi connectivity index (χ0v) is 15.2. The van der Waals surface area contributed by atoms with Crippen LogP contribution in [0.1, 0.15) is 89.2 Å². The number of hydrogen-bond acceptors (Lipinski definition) is 3. The first-order valence-corrected chi connectivity index (χ1v) is 9.51. The lowest BCUT2D eigenvalue weighted by Crippen LogP contribution is -2.32. The summed E-state index contributed by atoms with van der Waals surface area (Å²) < 4.78 is 5.97. The minimum absolute atomic E-state index is 0.00137. The van der Waals surface area contributed by atoms with Crippen molar-refractivity contribution in [3.63, 3.8) is 0 Å². The highest BCUT2D eigenvalue weighted by Gasteiger charge is 2.43. The van der Waals surface area contributed by atoms with Gasteiger partial charge in [-0.05, 0) is 42.4 Å². The number of phenols is 1. The van der Waals surface area contributed by atoms with Crippen LogP contribution in [0.5, 0.6) is 11.5 Å². The molecule has 0 saturated heterocycles. The Hall–Kier alpha value is -1.51. The van der Waals surface area contributed by atoms with Crippen molar-refractivity contribution in [3.8, 4) is 11.5 Å². The number of benzene rings is 1. The monoisotopic (exact) mass is 330 g/mol. The van der Waals surface area contributed by atoms with Crippen LogP contribution < -0.4 is 4.74 Å². The fourth-order valence-electron chi connectivity index (χ4n) is 4.21. The van der Waals surface area contributed by atoms with Crippen LogP contribution in [0.2, 0.25) is 0 Å². The van der Waals surface area contributed by atoms with Crippen LogP contribution in [0.3, 0.4) is 0 Å². The van der Waals surface area contributed by atoms with Crippen LogP contribution in [0.15, 0.2) is 12.1 Å². The smallest absolute Gasteiger partial charge is 0.173 e. The largest absolute Gasteiger partial charge is 0.508 e. The zero-order chi connectivity index (χ0) is 17.3. The fraction of sp³-hybridized carbons (Fsp3) is 0.667. The van der Waals surface area contributed by atoms with Crippen molar-refractivity contribution < 1.29 is 14.6 Å². The van der Waals surface area contributed by atoms with Crippen molar-refractivity contribution in [2.75, 3.05) is 0 Å². The molecule has 0 bridgehead atoms. The van der Waals surface area contributed by atoms with Gasteiger partial charge in [0, 0.05) is 17.9 Å². The Balaban J connectivity index is 1.82. The zero-order valence-electron chi connectivity index (χ0n) is 15.2. The van der Waals surface area contributed by atoms with Gasteiger partial charge in [0.1, 0.15) is 11.5 Å². The van der Waals surface area contributed by atoms with Gasteiger partial charge >= 0.3 is 0 Å². The van der Waals surface area contributed by atoms with Gasteiger partial charge in [0.15, 0.2) is 11.9 Å². The van der Waals surface area contributed by atoms with Crippen LogP contribution >= 0.6 is 0 Å². The van der Waals surface area contributed by atoms with Gasteiger partial charge in [-0.15, -0.1) is 0 Å². The van der Waals surface area contributed by atoms with Crippen molar-refractivity contribution in [2.45, 2.75) is 89.6 Å². The molecule has 3 nitrogen and oxygen atoms in total. The van der Waals surface area contributed by atoms with E-state index >= 15 is 0 Å². The molecule has 2 atom stereocenters. The van der Waals surface area contributed by atoms with Crippen molar-refractivity contribution in [1.29, 1.82) is 0 Å². The summed E-state index contributed by atoms with van der Waals surface area (Å²) in [6.45, 7) is 6.68. The summed E-state index contributed by atoms with van der Waals surface area (Å²) in [7, 11) is 0. The van der Waals surface area contributed by atoms with Gasteiger partial charge in [-0.2, -0.15) is 0 Å². The Morgan fingerprint density at radius 1 is 1.25 bits per heavy atom. The maximum absolute atomic E-state index is 12.1. The topological polar surface area (TPSA) is 46.5 Å². The van der Waals surface area contributed by atoms with E-state index in [1.807, 2.05) is 6.07 Å². The molecule has 1 heterocycles. The summed E-state index contributed by atoms with van der Waals surface area (Å²) in [5.41, 5.74) is 1.97. The van der Waals surface area contributed by atoms with Gasteiger partial charge in [0.2, 0.25) is 0 Å². The first-order valence-electron chi connectivity index (χ1n) is 9.51. The van der Waals surface area contributed by atoms with E-state index in [2.05, 4.69) is 26.8 Å². The molecule has 3 heteroatoms. The normalized spacial score (nSPS) is 22.9. The quantitative estimate of drug-likeness (QED) is 0.726. The van der Waals surface area contributed by atoms with E-state index in [-0.39, 0.29) is 23.2 Å². The van der Waals surface area contributed by atoms with Crippen LogP contribution in [-0.2, 0) is 10.2 Å². The highest BCUT2D eigenvalue weighted by Crippen LogP contribution is 2.50. The predicted molar refractivity (Wildman–Crippen MR) is 95.9 cm³/mol. The number of unbranched alkanes of at least 4 members (excludes halogenated alkanes) is 3. The molecule has 3 rings (SSSR count). The first-order chi connectivity index (χ1) is 11.4. The van der Waals surface area contributed by atoms with E-state index in [0.717, 1.165) is 36.1 Å². The minimum Gasteiger partial charge on any atom is -0.508 e. The summed E-state index contributed by atoms with van der Waals surface area (Å²) in [6.07, 6.45) is 8.12. The number of hydrogen-bond donors (Lipinski definition) is 1. The molecule has 1 aliphatic carbocycles. The maximum Gasteiger partial charge on any atom is 0.173 e. The van der Waals surface area contributed by atoms with Gasteiger partial charge in [-0.3, -0.25) is 4.79 Å². The lowest BCUT2D eigenvalue weighted by atomic mass is 9.77. The Morgan fingerprint density at radius 2 is 2.04 bits per heavy atom. The molecule has 0 aromatic heterocycles. The molecule has 1 fully saturated rings. The molecule has 1 saturated carbocycles. The SMILES string of the molecule is CCCCCCC(C)(C)c1cc(O)c2c(c1)OC1C(=O)CCCC21. The molecule has 1 aromatic rings. The molecule has 2 unspecified atom stereocenters. The molecule has 1 aliphatic heterocycles. The number of carbonyl (C=O) groups excluding carboxylic acids is 1. The summed E-state index contributed by atoms with van der Waals surface area (Å²) in [4.78, 5) is 12.1. The first kappa shape index (κ1) is 17.3. The number of Topliss-reactive ketones (excluding diaryl/α,β-unsaturated/α-hetero) is 1. The van der Waals surface area contributed by atoms with Crippen molar-refractivity contribution in [3.05, 3.63) is 23.3 Å². The van der Waals surface area contributed by atoms with Crippen LogP contribution in [0.25, 0.3) is 0 Å². The second kappa shape index (κ2) is 6.78. The molecule has 1 N–H and O–H groups in total. The molecular formula is C21H30O3. The van der Waals surface area contributed by atoms with Gasteiger partial charge in [-0.25, -0.2) is 0 Å². The number of ketones is 1. The molecule has 0 radical (unpaired) electrons. The molecule has 0 amide bonds. The summed E-state index contributed by atoms with van der Waals surface area (Å²) in [5.74, 6) is 1.27. The molecular weight excluding hydrogens is 300 g/mol. The van der Waals surface area contributed by atoms with Gasteiger partial charge < -0.3 is 9.84 Å². The van der Waals surface area contributed by atoms with Crippen molar-refractivity contribution in [1.82, 2.24) is 0 Å². The minimum atomic E-state index is -0.373. The fourth-order valence-corrected chi connectivity index (χ4v) is 4.21. The third-order valence-corrected chi connectivity index (χ3v) is 5.80. The molecule has 2 aliphatic rings. The predicted octanol–water partition coefficient (Wildman–Crippen LogP) is 5.24. The van der Waals surface area contributed by atoms with Gasteiger partial charge in [0.25, 0.3) is 0 Å². The standard InChI is InChI=1S/C21H30O3/c1-4-5-6-7-11-21(2,3)14-12-17(23)19-15-9-8-10-16(22)20(15)24-18(19)13-14/h12-13,15,20,23H,4-11H2,1-3H3. The number of carbonyl (C=O) groups is 1. The summed E-state index contributed by atoms with van der Waals surface area (Å²) >= 11 is 0. The number of fused-ring (bicyclic) bond motifs is 3. The van der Waals surface area contributed by atoms with Gasteiger partial charge in [-0.1, -0.05) is 46.5 Å². The Kier molecular flexibility index (Phi) is 4.89. The summed E-state index contributed by atoms with van der Waals surface area (Å²) in [6, 6.07) is 3.98. The molecule has 1 aromatic carbocycles. The Bertz CT molecular complexity index is 618. The Labute approximate surface area is 145 Å². The van der Waals surface area contributed by atoms with E-state index in [0.29, 0.717) is 12.2 Å². The highest BCUT2D eigenvalue weighted by atomic mass is 16.5. The number of ether oxygens (including phenoxy) is 1. The van der Waals surface area contributed by atoms with E-state index in [9.17, 15) is 9.90 Å². The van der Waals surface area contributed by atoms with E-state index in [1.165, 1.54) is 25.7 Å². The second-order valence-electron chi connectivity index (χ2n) is 8.11. The van der Waals surface area contributed by atoms with Crippen LogP contribution in [-0.4, -0.2) is 17.0 Å². The van der Waals surface area contributed by atoms with Gasteiger partial charge in [0.05, 0.1) is 0 Å². The Morgan fingerprint density at radius 3 is 2.79 bits per heavy atom. The summed E-state index contributed by atoms with van der Waals surface area (Å²) in [5, 5.41) is 10.6. The number of phenolic OH excluding ortho intramolecular Hbond substituents is 1. The van der Waals surface area contributed by atoms with Crippen molar-refractivity contribution >= 4 is 5.78 Å². The van der Waals surface area contributed by atoms with Crippen LogP contribution in [0.4, 0.5) is 0 Å². The number of rotatable bonds is 6. The van der Waals surface area contributed by atoms with Crippen molar-refractivity contribution in [2.24, 2.45) is 0 Å².